The van der Waals surface area contributed by atoms with E-state index in [4.69, 9.17) is 0 Å². The van der Waals surface area contributed by atoms with Crippen LogP contribution < -0.4 is 4.90 Å². The summed E-state index contributed by atoms with van der Waals surface area (Å²) in [6.45, 7) is 0. The van der Waals surface area contributed by atoms with Gasteiger partial charge in [-0.1, -0.05) is 158 Å². The van der Waals surface area contributed by atoms with Gasteiger partial charge in [-0.25, -0.2) is 0 Å². The van der Waals surface area contributed by atoms with Crippen LogP contribution in [-0.2, 0) is 0 Å². The Kier molecular flexibility index (Phi) is 7.85. The van der Waals surface area contributed by atoms with E-state index in [9.17, 15) is 0 Å². The van der Waals surface area contributed by atoms with Gasteiger partial charge in [-0.15, -0.1) is 0 Å². The third-order valence-corrected chi connectivity index (χ3v) is 10.6. The van der Waals surface area contributed by atoms with Gasteiger partial charge in [-0.3, -0.25) is 0 Å². The smallest absolute Gasteiger partial charge is 0.0619 e. The molecule has 0 spiro atoms. The molecule has 2 heteroatoms. The maximum Gasteiger partial charge on any atom is 0.0619 e. The van der Waals surface area contributed by atoms with Crippen molar-refractivity contribution in [2.75, 3.05) is 4.90 Å². The van der Waals surface area contributed by atoms with E-state index in [1.807, 2.05) is 0 Å². The molecular formula is C52H36N2. The summed E-state index contributed by atoms with van der Waals surface area (Å²) >= 11 is 0. The van der Waals surface area contributed by atoms with E-state index in [0.29, 0.717) is 0 Å². The zero-order valence-corrected chi connectivity index (χ0v) is 29.7. The molecule has 0 fully saturated rings. The average molecular weight is 689 g/mol. The standard InChI is InChI=1S/C52H36N2/c1-3-12-37(13-4-1)39-24-30-45(31-25-39)53(46-32-26-40(27-33-46)43-23-22-38-14-7-8-15-42(38)36-43)47-34-28-41(29-35-47)48-19-11-20-50-49-18-9-10-21-51(49)54(52(48)50)44-16-5-2-6-17-44/h1-36H. The maximum absolute atomic E-state index is 2.41. The van der Waals surface area contributed by atoms with Crippen molar-refractivity contribution < 1.29 is 0 Å². The van der Waals surface area contributed by atoms with Crippen molar-refractivity contribution in [2.24, 2.45) is 0 Å². The van der Waals surface area contributed by atoms with Crippen molar-refractivity contribution in [3.8, 4) is 39.1 Å². The highest BCUT2D eigenvalue weighted by atomic mass is 15.1. The minimum Gasteiger partial charge on any atom is -0.311 e. The first-order valence-electron chi connectivity index (χ1n) is 18.5. The van der Waals surface area contributed by atoms with Gasteiger partial charge in [0.15, 0.2) is 0 Å². The fourth-order valence-corrected chi connectivity index (χ4v) is 7.94. The number of anilines is 3. The van der Waals surface area contributed by atoms with Crippen LogP contribution in [0.5, 0.6) is 0 Å². The van der Waals surface area contributed by atoms with Gasteiger partial charge in [0.1, 0.15) is 0 Å². The highest BCUT2D eigenvalue weighted by molar-refractivity contribution is 6.13. The number of rotatable bonds is 7. The van der Waals surface area contributed by atoms with E-state index in [1.165, 1.54) is 66.0 Å². The van der Waals surface area contributed by atoms with Crippen molar-refractivity contribution in [3.05, 3.63) is 218 Å². The van der Waals surface area contributed by atoms with Gasteiger partial charge in [0.25, 0.3) is 0 Å². The topological polar surface area (TPSA) is 8.17 Å². The largest absolute Gasteiger partial charge is 0.311 e. The summed E-state index contributed by atoms with van der Waals surface area (Å²) in [5.74, 6) is 0. The lowest BCUT2D eigenvalue weighted by Gasteiger charge is -2.26. The molecule has 254 valence electrons. The first kappa shape index (κ1) is 31.6. The zero-order valence-electron chi connectivity index (χ0n) is 29.7. The first-order chi connectivity index (χ1) is 26.8. The van der Waals surface area contributed by atoms with Gasteiger partial charge < -0.3 is 9.47 Å². The minimum atomic E-state index is 1.10. The van der Waals surface area contributed by atoms with Gasteiger partial charge >= 0.3 is 0 Å². The van der Waals surface area contributed by atoms with Gasteiger partial charge in [-0.2, -0.15) is 0 Å². The predicted octanol–water partition coefficient (Wildman–Crippen LogP) is 14.4. The summed E-state index contributed by atoms with van der Waals surface area (Å²) in [6, 6.07) is 78.8. The molecule has 0 saturated heterocycles. The molecule has 0 radical (unpaired) electrons. The third kappa shape index (κ3) is 5.62. The maximum atomic E-state index is 2.41. The lowest BCUT2D eigenvalue weighted by atomic mass is 10.00. The molecule has 0 N–H and O–H groups in total. The predicted molar refractivity (Wildman–Crippen MR) is 229 cm³/mol. The van der Waals surface area contributed by atoms with Crippen LogP contribution >= 0.6 is 0 Å². The molecule has 0 bridgehead atoms. The van der Waals surface area contributed by atoms with E-state index in [0.717, 1.165) is 22.7 Å². The Balaban J connectivity index is 1.07. The van der Waals surface area contributed by atoms with Crippen molar-refractivity contribution in [1.82, 2.24) is 4.57 Å². The van der Waals surface area contributed by atoms with Crippen LogP contribution in [0.15, 0.2) is 218 Å². The highest BCUT2D eigenvalue weighted by Crippen LogP contribution is 2.41. The molecule has 0 aliphatic carbocycles. The summed E-state index contributed by atoms with van der Waals surface area (Å²) in [5, 5.41) is 5.01. The lowest BCUT2D eigenvalue weighted by molar-refractivity contribution is 1.18. The Hall–Kier alpha value is -7.16. The molecule has 2 nitrogen and oxygen atoms in total. The van der Waals surface area contributed by atoms with Crippen LogP contribution in [0, 0.1) is 0 Å². The second kappa shape index (κ2) is 13.4. The number of benzene rings is 9. The van der Waals surface area contributed by atoms with Gasteiger partial charge in [0.05, 0.1) is 11.0 Å². The Morgan fingerprint density at radius 2 is 0.815 bits per heavy atom. The quantitative estimate of drug-likeness (QED) is 0.162. The second-order valence-corrected chi connectivity index (χ2v) is 13.8. The number of fused-ring (bicyclic) bond motifs is 4. The fraction of sp³-hybridized carbons (Fsp3) is 0. The molecule has 0 amide bonds. The average Bonchev–Trinajstić information content (AvgIpc) is 3.60. The number of hydrogen-bond acceptors (Lipinski definition) is 1. The Labute approximate surface area is 315 Å². The SMILES string of the molecule is c1ccc(-c2ccc(N(c3ccc(-c4ccc5ccccc5c4)cc3)c3ccc(-c4cccc5c6ccccc6n(-c6ccccc6)c45)cc3)cc2)cc1. The van der Waals surface area contributed by atoms with E-state index in [2.05, 4.69) is 228 Å². The van der Waals surface area contributed by atoms with E-state index in [-0.39, 0.29) is 0 Å². The summed E-state index contributed by atoms with van der Waals surface area (Å²) in [5.41, 5.74) is 14.1. The van der Waals surface area contributed by atoms with Crippen molar-refractivity contribution >= 4 is 49.6 Å². The molecule has 0 aliphatic rings. The number of para-hydroxylation sites is 3. The minimum absolute atomic E-state index is 1.10. The number of hydrogen-bond donors (Lipinski definition) is 0. The molecule has 0 aliphatic heterocycles. The molecule has 0 atom stereocenters. The van der Waals surface area contributed by atoms with Crippen LogP contribution in [0.1, 0.15) is 0 Å². The molecule has 0 unspecified atom stereocenters. The van der Waals surface area contributed by atoms with E-state index >= 15 is 0 Å². The van der Waals surface area contributed by atoms with Crippen molar-refractivity contribution in [2.45, 2.75) is 0 Å². The summed E-state index contributed by atoms with van der Waals surface area (Å²) in [7, 11) is 0. The summed E-state index contributed by atoms with van der Waals surface area (Å²) < 4.78 is 2.41. The van der Waals surface area contributed by atoms with Crippen LogP contribution in [-0.4, -0.2) is 4.57 Å². The van der Waals surface area contributed by atoms with Crippen LogP contribution in [0.3, 0.4) is 0 Å². The van der Waals surface area contributed by atoms with E-state index in [1.54, 1.807) is 0 Å². The van der Waals surface area contributed by atoms with E-state index < -0.39 is 0 Å². The number of nitrogens with zero attached hydrogens (tertiary/aromatic N) is 2. The monoisotopic (exact) mass is 688 g/mol. The third-order valence-electron chi connectivity index (χ3n) is 10.6. The second-order valence-electron chi connectivity index (χ2n) is 13.8. The van der Waals surface area contributed by atoms with Crippen molar-refractivity contribution in [3.63, 3.8) is 0 Å². The Morgan fingerprint density at radius 3 is 1.50 bits per heavy atom. The first-order valence-corrected chi connectivity index (χ1v) is 18.5. The van der Waals surface area contributed by atoms with Gasteiger partial charge in [0, 0.05) is 39.1 Å². The normalized spacial score (nSPS) is 11.3. The molecule has 9 aromatic carbocycles. The molecular weight excluding hydrogens is 653 g/mol. The molecule has 10 aromatic rings. The van der Waals surface area contributed by atoms with Crippen molar-refractivity contribution in [1.29, 1.82) is 0 Å². The fourth-order valence-electron chi connectivity index (χ4n) is 7.94. The Bertz CT molecular complexity index is 2890. The molecule has 1 aromatic heterocycles. The molecule has 10 rings (SSSR count). The van der Waals surface area contributed by atoms with Crippen LogP contribution in [0.2, 0.25) is 0 Å². The zero-order chi connectivity index (χ0) is 35.8. The summed E-state index contributed by atoms with van der Waals surface area (Å²) in [4.78, 5) is 2.35. The van der Waals surface area contributed by atoms with Crippen LogP contribution in [0.25, 0.3) is 71.6 Å². The van der Waals surface area contributed by atoms with Crippen LogP contribution in [0.4, 0.5) is 17.1 Å². The lowest BCUT2D eigenvalue weighted by Crippen LogP contribution is -2.09. The molecule has 0 saturated carbocycles. The summed E-state index contributed by atoms with van der Waals surface area (Å²) in [6.07, 6.45) is 0. The highest BCUT2D eigenvalue weighted by Gasteiger charge is 2.18. The number of aromatic nitrogens is 1. The van der Waals surface area contributed by atoms with Gasteiger partial charge in [-0.05, 0) is 99.3 Å². The molecule has 1 heterocycles. The molecule has 54 heavy (non-hydrogen) atoms. The Morgan fingerprint density at radius 1 is 0.315 bits per heavy atom. The van der Waals surface area contributed by atoms with Gasteiger partial charge in [0.2, 0.25) is 0 Å².